The third kappa shape index (κ3) is 4.76. The predicted molar refractivity (Wildman–Crippen MR) is 101 cm³/mol. The Morgan fingerprint density at radius 1 is 1.15 bits per heavy atom. The molecule has 0 aliphatic carbocycles. The molecule has 1 aromatic carbocycles. The molecule has 148 valence electrons. The summed E-state index contributed by atoms with van der Waals surface area (Å²) in [6.07, 6.45) is 4.06. The fourth-order valence-corrected chi connectivity index (χ4v) is 3.71. The zero-order valence-corrected chi connectivity index (χ0v) is 16.2. The Balaban J connectivity index is 1.71. The number of piperidine rings is 1. The lowest BCUT2D eigenvalue weighted by Crippen LogP contribution is -2.35. The van der Waals surface area contributed by atoms with E-state index in [1.54, 1.807) is 20.5 Å². The van der Waals surface area contributed by atoms with Crippen LogP contribution in [0.5, 0.6) is 11.5 Å². The van der Waals surface area contributed by atoms with E-state index in [9.17, 15) is 8.42 Å². The highest BCUT2D eigenvalue weighted by molar-refractivity contribution is 7.84. The van der Waals surface area contributed by atoms with Crippen molar-refractivity contribution in [3.8, 4) is 11.5 Å². The van der Waals surface area contributed by atoms with E-state index in [0.29, 0.717) is 23.8 Å². The number of aromatic nitrogens is 2. The van der Waals surface area contributed by atoms with Crippen LogP contribution in [0.25, 0.3) is 10.9 Å². The fourth-order valence-electron chi connectivity index (χ4n) is 3.39. The van der Waals surface area contributed by atoms with Crippen LogP contribution in [0.2, 0.25) is 0 Å². The summed E-state index contributed by atoms with van der Waals surface area (Å²) in [5.74, 6) is 2.52. The zero-order chi connectivity index (χ0) is 19.4. The molecule has 0 unspecified atom stereocenters. The standard InChI is InChI=1S/C17H24N4O5S/c1-24-15-9-13-14(10-16(15)25-2)19-11-20-17(13)21-6-3-12(4-7-21)5-8-26-27(18,22)23/h9-12H,3-8H2,1-2H3,(H2,18,22,23). The number of anilines is 1. The van der Waals surface area contributed by atoms with Crippen molar-refractivity contribution < 1.29 is 22.1 Å². The van der Waals surface area contributed by atoms with Gasteiger partial charge in [-0.15, -0.1) is 0 Å². The highest BCUT2D eigenvalue weighted by atomic mass is 32.2. The van der Waals surface area contributed by atoms with Gasteiger partial charge in [0.15, 0.2) is 11.5 Å². The quantitative estimate of drug-likeness (QED) is 0.748. The number of fused-ring (bicyclic) bond motifs is 1. The summed E-state index contributed by atoms with van der Waals surface area (Å²) in [6, 6.07) is 3.74. The Kier molecular flexibility index (Phi) is 5.98. The second-order valence-electron chi connectivity index (χ2n) is 6.46. The van der Waals surface area contributed by atoms with Crippen LogP contribution in [0.3, 0.4) is 0 Å². The average Bonchev–Trinajstić information content (AvgIpc) is 2.66. The Morgan fingerprint density at radius 3 is 2.44 bits per heavy atom. The minimum atomic E-state index is -3.86. The summed E-state index contributed by atoms with van der Waals surface area (Å²) in [7, 11) is -0.672. The van der Waals surface area contributed by atoms with Gasteiger partial charge < -0.3 is 14.4 Å². The number of hydrogen-bond donors (Lipinski definition) is 1. The molecule has 0 bridgehead atoms. The fraction of sp³-hybridized carbons (Fsp3) is 0.529. The first-order valence-electron chi connectivity index (χ1n) is 8.70. The van der Waals surface area contributed by atoms with E-state index in [1.807, 2.05) is 12.1 Å². The van der Waals surface area contributed by atoms with Crippen molar-refractivity contribution in [1.29, 1.82) is 0 Å². The van der Waals surface area contributed by atoms with Crippen molar-refractivity contribution in [1.82, 2.24) is 9.97 Å². The number of rotatable bonds is 7. The summed E-state index contributed by atoms with van der Waals surface area (Å²) in [5, 5.41) is 5.76. The Hall–Kier alpha value is -2.17. The third-order valence-electron chi connectivity index (χ3n) is 4.81. The van der Waals surface area contributed by atoms with Crippen molar-refractivity contribution in [3.63, 3.8) is 0 Å². The van der Waals surface area contributed by atoms with Gasteiger partial charge >= 0.3 is 10.3 Å². The Morgan fingerprint density at radius 2 is 1.81 bits per heavy atom. The van der Waals surface area contributed by atoms with E-state index in [0.717, 1.165) is 42.7 Å². The highest BCUT2D eigenvalue weighted by Gasteiger charge is 2.23. The van der Waals surface area contributed by atoms with Crippen LogP contribution in [-0.2, 0) is 14.5 Å². The van der Waals surface area contributed by atoms with Gasteiger partial charge in [0.25, 0.3) is 0 Å². The van der Waals surface area contributed by atoms with E-state index < -0.39 is 10.3 Å². The molecule has 0 amide bonds. The molecule has 1 aliphatic rings. The lowest BCUT2D eigenvalue weighted by molar-refractivity contribution is 0.262. The van der Waals surface area contributed by atoms with E-state index in [1.165, 1.54) is 0 Å². The minimum absolute atomic E-state index is 0.122. The second-order valence-corrected chi connectivity index (χ2v) is 7.68. The maximum atomic E-state index is 10.8. The SMILES string of the molecule is COc1cc2ncnc(N3CCC(CCOS(N)(=O)=O)CC3)c2cc1OC. The molecule has 1 aliphatic heterocycles. The third-order valence-corrected chi connectivity index (χ3v) is 5.30. The molecule has 0 saturated carbocycles. The van der Waals surface area contributed by atoms with Crippen LogP contribution in [0.15, 0.2) is 18.5 Å². The van der Waals surface area contributed by atoms with Crippen molar-refractivity contribution in [3.05, 3.63) is 18.5 Å². The summed E-state index contributed by atoms with van der Waals surface area (Å²) in [6.45, 7) is 1.76. The van der Waals surface area contributed by atoms with Gasteiger partial charge in [-0.05, 0) is 31.2 Å². The van der Waals surface area contributed by atoms with Gasteiger partial charge in [-0.25, -0.2) is 15.1 Å². The monoisotopic (exact) mass is 396 g/mol. The van der Waals surface area contributed by atoms with Crippen molar-refractivity contribution >= 4 is 27.0 Å². The Bertz CT molecular complexity index is 898. The maximum absolute atomic E-state index is 10.8. The summed E-state index contributed by atoms with van der Waals surface area (Å²) >= 11 is 0. The molecule has 9 nitrogen and oxygen atoms in total. The van der Waals surface area contributed by atoms with E-state index in [-0.39, 0.29) is 6.61 Å². The van der Waals surface area contributed by atoms with Gasteiger partial charge in [0.05, 0.1) is 26.3 Å². The van der Waals surface area contributed by atoms with Crippen LogP contribution >= 0.6 is 0 Å². The summed E-state index contributed by atoms with van der Waals surface area (Å²) < 4.78 is 37.1. The number of hydrogen-bond acceptors (Lipinski definition) is 8. The number of benzene rings is 1. The van der Waals surface area contributed by atoms with Crippen LogP contribution in [-0.4, -0.2) is 52.3 Å². The maximum Gasteiger partial charge on any atom is 0.333 e. The molecule has 0 radical (unpaired) electrons. The smallest absolute Gasteiger partial charge is 0.333 e. The van der Waals surface area contributed by atoms with E-state index >= 15 is 0 Å². The number of nitrogens with zero attached hydrogens (tertiary/aromatic N) is 3. The van der Waals surface area contributed by atoms with E-state index in [4.69, 9.17) is 14.6 Å². The first-order valence-corrected chi connectivity index (χ1v) is 10.2. The molecule has 0 spiro atoms. The molecule has 1 saturated heterocycles. The van der Waals surface area contributed by atoms with Gasteiger partial charge in [0.2, 0.25) is 0 Å². The molecular formula is C17H24N4O5S. The first-order chi connectivity index (χ1) is 12.9. The predicted octanol–water partition coefficient (Wildman–Crippen LogP) is 1.47. The molecule has 2 aromatic rings. The summed E-state index contributed by atoms with van der Waals surface area (Å²) in [4.78, 5) is 11.0. The molecule has 1 fully saturated rings. The van der Waals surface area contributed by atoms with Crippen LogP contribution < -0.4 is 19.5 Å². The Labute approximate surface area is 158 Å². The van der Waals surface area contributed by atoms with Crippen LogP contribution in [0, 0.1) is 5.92 Å². The molecule has 10 heteroatoms. The average molecular weight is 396 g/mol. The van der Waals surface area contributed by atoms with Crippen molar-refractivity contribution in [2.45, 2.75) is 19.3 Å². The molecule has 1 aromatic heterocycles. The number of nitrogens with two attached hydrogens (primary N) is 1. The lowest BCUT2D eigenvalue weighted by atomic mass is 9.94. The van der Waals surface area contributed by atoms with Crippen LogP contribution in [0.1, 0.15) is 19.3 Å². The number of methoxy groups -OCH3 is 2. The molecule has 27 heavy (non-hydrogen) atoms. The van der Waals surface area contributed by atoms with Gasteiger partial charge in [-0.1, -0.05) is 0 Å². The molecular weight excluding hydrogens is 372 g/mol. The molecule has 2 N–H and O–H groups in total. The van der Waals surface area contributed by atoms with Gasteiger partial charge in [-0.2, -0.15) is 8.42 Å². The topological polar surface area (TPSA) is 117 Å². The molecule has 0 atom stereocenters. The van der Waals surface area contributed by atoms with Crippen molar-refractivity contribution in [2.24, 2.45) is 11.1 Å². The zero-order valence-electron chi connectivity index (χ0n) is 15.4. The minimum Gasteiger partial charge on any atom is -0.493 e. The summed E-state index contributed by atoms with van der Waals surface area (Å²) in [5.41, 5.74) is 0.793. The van der Waals surface area contributed by atoms with Gasteiger partial charge in [-0.3, -0.25) is 4.18 Å². The van der Waals surface area contributed by atoms with E-state index in [2.05, 4.69) is 19.1 Å². The highest BCUT2D eigenvalue weighted by Crippen LogP contribution is 2.35. The molecule has 2 heterocycles. The lowest BCUT2D eigenvalue weighted by Gasteiger charge is -2.33. The first kappa shape index (κ1) is 19.6. The van der Waals surface area contributed by atoms with Crippen molar-refractivity contribution in [2.75, 3.05) is 38.8 Å². The number of ether oxygens (including phenoxy) is 2. The van der Waals surface area contributed by atoms with Crippen LogP contribution in [0.4, 0.5) is 5.82 Å². The second kappa shape index (κ2) is 8.24. The molecule has 3 rings (SSSR count). The van der Waals surface area contributed by atoms with Gasteiger partial charge in [0.1, 0.15) is 12.1 Å². The normalized spacial score (nSPS) is 15.9. The largest absolute Gasteiger partial charge is 0.493 e. The van der Waals surface area contributed by atoms with Gasteiger partial charge in [0, 0.05) is 24.5 Å².